The van der Waals surface area contributed by atoms with Gasteiger partial charge in [0.25, 0.3) is 0 Å². The maximum Gasteiger partial charge on any atom is 0.0746 e. The maximum absolute atomic E-state index is 10.1. The normalized spacial score (nSPS) is 26.1. The fourth-order valence-electron chi connectivity index (χ4n) is 2.42. The third kappa shape index (κ3) is 3.21. The molecule has 94 valence electrons. The minimum atomic E-state index is -0.551. The van der Waals surface area contributed by atoms with E-state index in [1.165, 1.54) is 5.56 Å². The molecule has 1 fully saturated rings. The number of nitrogens with zero attached hydrogens (tertiary/aromatic N) is 1. The molecule has 1 aliphatic heterocycles. The van der Waals surface area contributed by atoms with E-state index in [-0.39, 0.29) is 0 Å². The van der Waals surface area contributed by atoms with Gasteiger partial charge in [-0.2, -0.15) is 0 Å². The first-order valence-corrected chi connectivity index (χ1v) is 6.75. The van der Waals surface area contributed by atoms with Gasteiger partial charge in [-0.25, -0.2) is 0 Å². The average molecular weight is 299 g/mol. The number of β-amino-alcohol motifs (C(OH)–C–C–N with tert-alkyl or cyclic N) is 1. The molecule has 3 nitrogen and oxygen atoms in total. The molecule has 1 unspecified atom stereocenters. The van der Waals surface area contributed by atoms with Crippen molar-refractivity contribution in [3.8, 4) is 0 Å². The van der Waals surface area contributed by atoms with Crippen LogP contribution in [-0.2, 0) is 6.54 Å². The molecule has 2 rings (SSSR count). The Hall–Kier alpha value is -0.580. The Balaban J connectivity index is 2.08. The van der Waals surface area contributed by atoms with E-state index in [9.17, 15) is 5.11 Å². The van der Waals surface area contributed by atoms with Gasteiger partial charge in [0.05, 0.1) is 5.60 Å². The van der Waals surface area contributed by atoms with Crippen molar-refractivity contribution in [1.82, 2.24) is 4.90 Å². The number of likely N-dealkylation sites (tertiary alicyclic amines) is 1. The molecule has 0 saturated carbocycles. The van der Waals surface area contributed by atoms with Crippen LogP contribution >= 0.6 is 15.9 Å². The van der Waals surface area contributed by atoms with Crippen LogP contribution in [0.3, 0.4) is 0 Å². The lowest BCUT2D eigenvalue weighted by atomic mass is 9.95. The first-order valence-electron chi connectivity index (χ1n) is 5.95. The van der Waals surface area contributed by atoms with E-state index < -0.39 is 5.60 Å². The molecule has 0 radical (unpaired) electrons. The number of piperidine rings is 1. The molecule has 0 amide bonds. The number of benzene rings is 1. The van der Waals surface area contributed by atoms with Crippen LogP contribution in [0.25, 0.3) is 0 Å². The summed E-state index contributed by atoms with van der Waals surface area (Å²) in [6, 6.07) is 5.93. The van der Waals surface area contributed by atoms with Gasteiger partial charge in [0.15, 0.2) is 0 Å². The van der Waals surface area contributed by atoms with Crippen LogP contribution in [0.2, 0.25) is 0 Å². The first-order chi connectivity index (χ1) is 7.98. The second-order valence-corrected chi connectivity index (χ2v) is 5.92. The van der Waals surface area contributed by atoms with Gasteiger partial charge >= 0.3 is 0 Å². The summed E-state index contributed by atoms with van der Waals surface area (Å²) in [7, 11) is 0. The number of anilines is 1. The largest absolute Gasteiger partial charge is 0.398 e. The Morgan fingerprint density at radius 1 is 1.53 bits per heavy atom. The molecule has 0 aliphatic carbocycles. The predicted octanol–water partition coefficient (Wildman–Crippen LogP) is 2.38. The zero-order valence-corrected chi connectivity index (χ0v) is 11.7. The minimum absolute atomic E-state index is 0.551. The van der Waals surface area contributed by atoms with Gasteiger partial charge < -0.3 is 10.8 Å². The highest BCUT2D eigenvalue weighted by Crippen LogP contribution is 2.27. The first kappa shape index (κ1) is 12.9. The Labute approximate surface area is 111 Å². The molecule has 3 N–H and O–H groups in total. The highest BCUT2D eigenvalue weighted by molar-refractivity contribution is 9.10. The van der Waals surface area contributed by atoms with E-state index in [0.29, 0.717) is 0 Å². The molecule has 17 heavy (non-hydrogen) atoms. The molecule has 0 bridgehead atoms. The lowest BCUT2D eigenvalue weighted by Crippen LogP contribution is -2.45. The molecule has 0 aromatic heterocycles. The van der Waals surface area contributed by atoms with E-state index in [1.807, 2.05) is 19.1 Å². The Bertz CT molecular complexity index is 406. The quantitative estimate of drug-likeness (QED) is 0.824. The molecule has 1 aliphatic rings. The zero-order valence-electron chi connectivity index (χ0n) is 10.1. The van der Waals surface area contributed by atoms with Gasteiger partial charge in [-0.15, -0.1) is 0 Å². The van der Waals surface area contributed by atoms with Crippen LogP contribution in [-0.4, -0.2) is 28.7 Å². The monoisotopic (exact) mass is 298 g/mol. The van der Waals surface area contributed by atoms with E-state index in [1.54, 1.807) is 0 Å². The molecular weight excluding hydrogens is 280 g/mol. The van der Waals surface area contributed by atoms with Crippen molar-refractivity contribution in [1.29, 1.82) is 0 Å². The number of nitrogens with two attached hydrogens (primary N) is 1. The van der Waals surface area contributed by atoms with Crippen LogP contribution in [0.15, 0.2) is 22.7 Å². The molecule has 1 aromatic rings. The van der Waals surface area contributed by atoms with Crippen molar-refractivity contribution in [3.05, 3.63) is 28.2 Å². The number of aliphatic hydroxyl groups is 1. The van der Waals surface area contributed by atoms with Crippen LogP contribution in [0.1, 0.15) is 25.3 Å². The topological polar surface area (TPSA) is 49.5 Å². The van der Waals surface area contributed by atoms with Crippen molar-refractivity contribution in [2.24, 2.45) is 0 Å². The molecule has 1 heterocycles. The number of hydrogen-bond acceptors (Lipinski definition) is 3. The summed E-state index contributed by atoms with van der Waals surface area (Å²) in [4.78, 5) is 2.28. The van der Waals surface area contributed by atoms with Gasteiger partial charge in [-0.05, 0) is 53.9 Å². The van der Waals surface area contributed by atoms with Crippen molar-refractivity contribution in [2.75, 3.05) is 18.8 Å². The summed E-state index contributed by atoms with van der Waals surface area (Å²) in [5, 5.41) is 10.1. The van der Waals surface area contributed by atoms with Crippen molar-refractivity contribution < 1.29 is 5.11 Å². The van der Waals surface area contributed by atoms with Gasteiger partial charge in [-0.3, -0.25) is 4.90 Å². The van der Waals surface area contributed by atoms with E-state index in [0.717, 1.165) is 42.6 Å². The average Bonchev–Trinajstić information content (AvgIpc) is 2.23. The lowest BCUT2D eigenvalue weighted by molar-refractivity contribution is -0.0181. The summed E-state index contributed by atoms with van der Waals surface area (Å²) in [5.41, 5.74) is 7.27. The van der Waals surface area contributed by atoms with Crippen molar-refractivity contribution >= 4 is 21.6 Å². The molecule has 1 atom stereocenters. The standard InChI is InChI=1S/C13H19BrN2O/c1-13(17)6-3-7-16(9-13)8-10-4-2-5-11(15)12(10)14/h2,4-5,17H,3,6-9,15H2,1H3. The summed E-state index contributed by atoms with van der Waals surface area (Å²) in [6.45, 7) is 4.51. The van der Waals surface area contributed by atoms with Crippen LogP contribution in [0.5, 0.6) is 0 Å². The second kappa shape index (κ2) is 4.96. The summed E-state index contributed by atoms with van der Waals surface area (Å²) in [5.74, 6) is 0. The number of halogens is 1. The molecular formula is C13H19BrN2O. The van der Waals surface area contributed by atoms with Crippen LogP contribution in [0, 0.1) is 0 Å². The third-order valence-corrected chi connectivity index (χ3v) is 4.22. The zero-order chi connectivity index (χ0) is 12.5. The Kier molecular flexibility index (Phi) is 3.76. The van der Waals surface area contributed by atoms with Crippen LogP contribution < -0.4 is 5.73 Å². The fraction of sp³-hybridized carbons (Fsp3) is 0.538. The van der Waals surface area contributed by atoms with E-state index in [4.69, 9.17) is 5.73 Å². The predicted molar refractivity (Wildman–Crippen MR) is 73.7 cm³/mol. The minimum Gasteiger partial charge on any atom is -0.398 e. The fourth-order valence-corrected chi connectivity index (χ4v) is 2.81. The number of hydrogen-bond donors (Lipinski definition) is 2. The second-order valence-electron chi connectivity index (χ2n) is 5.13. The summed E-state index contributed by atoms with van der Waals surface area (Å²) >= 11 is 3.52. The van der Waals surface area contributed by atoms with Crippen molar-refractivity contribution in [3.63, 3.8) is 0 Å². The van der Waals surface area contributed by atoms with Gasteiger partial charge in [0.1, 0.15) is 0 Å². The highest BCUT2D eigenvalue weighted by atomic mass is 79.9. The number of rotatable bonds is 2. The smallest absolute Gasteiger partial charge is 0.0746 e. The van der Waals surface area contributed by atoms with Crippen LogP contribution in [0.4, 0.5) is 5.69 Å². The van der Waals surface area contributed by atoms with E-state index >= 15 is 0 Å². The Morgan fingerprint density at radius 2 is 2.29 bits per heavy atom. The van der Waals surface area contributed by atoms with Gasteiger partial charge in [-0.1, -0.05) is 12.1 Å². The highest BCUT2D eigenvalue weighted by Gasteiger charge is 2.28. The summed E-state index contributed by atoms with van der Waals surface area (Å²) < 4.78 is 0.977. The molecule has 0 spiro atoms. The van der Waals surface area contributed by atoms with Gasteiger partial charge in [0, 0.05) is 23.2 Å². The summed E-state index contributed by atoms with van der Waals surface area (Å²) in [6.07, 6.45) is 1.94. The molecule has 1 aromatic carbocycles. The Morgan fingerprint density at radius 3 is 3.00 bits per heavy atom. The lowest BCUT2D eigenvalue weighted by Gasteiger charge is -2.37. The van der Waals surface area contributed by atoms with E-state index in [2.05, 4.69) is 26.9 Å². The third-order valence-electron chi connectivity index (χ3n) is 3.26. The molecule has 1 saturated heterocycles. The SMILES string of the molecule is CC1(O)CCCN(Cc2cccc(N)c2Br)C1. The number of nitrogen functional groups attached to an aromatic ring is 1. The molecule has 4 heteroatoms. The van der Waals surface area contributed by atoms with Gasteiger partial charge in [0.2, 0.25) is 0 Å². The van der Waals surface area contributed by atoms with Crippen molar-refractivity contribution in [2.45, 2.75) is 31.9 Å². The maximum atomic E-state index is 10.1.